The highest BCUT2D eigenvalue weighted by molar-refractivity contribution is 5.80. The highest BCUT2D eigenvalue weighted by Gasteiger charge is 2.21. The summed E-state index contributed by atoms with van der Waals surface area (Å²) in [4.78, 5) is 7.11. The van der Waals surface area contributed by atoms with Gasteiger partial charge in [0.25, 0.3) is 0 Å². The minimum absolute atomic E-state index is 0.672. The van der Waals surface area contributed by atoms with Crippen LogP contribution in [-0.2, 0) is 4.74 Å². The summed E-state index contributed by atoms with van der Waals surface area (Å²) in [5, 5.41) is 6.75. The number of nitrogens with one attached hydrogen (secondary N) is 2. The molecule has 0 aromatic carbocycles. The van der Waals surface area contributed by atoms with E-state index in [4.69, 9.17) is 4.74 Å². The van der Waals surface area contributed by atoms with Gasteiger partial charge in [-0.1, -0.05) is 0 Å². The summed E-state index contributed by atoms with van der Waals surface area (Å²) in [6.45, 7) is 9.14. The summed E-state index contributed by atoms with van der Waals surface area (Å²) in [7, 11) is 0. The van der Waals surface area contributed by atoms with E-state index in [0.717, 1.165) is 45.4 Å². The Kier molecular flexibility index (Phi) is 6.44. The number of unbranched alkanes of at least 4 members (excludes halogenated alkanes) is 1. The molecule has 1 saturated heterocycles. The third-order valence-electron chi connectivity index (χ3n) is 3.52. The average molecular weight is 268 g/mol. The first-order valence-electron chi connectivity index (χ1n) is 7.73. The number of morpholine rings is 1. The van der Waals surface area contributed by atoms with Crippen molar-refractivity contribution in [2.24, 2.45) is 4.99 Å². The maximum absolute atomic E-state index is 5.35. The summed E-state index contributed by atoms with van der Waals surface area (Å²) in [5.74, 6) is 0.997. The third kappa shape index (κ3) is 6.25. The molecule has 1 heterocycles. The molecule has 0 amide bonds. The number of aliphatic imine (C=N–C) groups is 1. The maximum Gasteiger partial charge on any atom is 0.191 e. The maximum atomic E-state index is 5.35. The molecule has 0 spiro atoms. The number of rotatable bonds is 7. The van der Waals surface area contributed by atoms with E-state index in [-0.39, 0.29) is 0 Å². The highest BCUT2D eigenvalue weighted by atomic mass is 16.5. The number of nitrogens with zero attached hydrogens (tertiary/aromatic N) is 2. The Labute approximate surface area is 116 Å². The smallest absolute Gasteiger partial charge is 0.191 e. The van der Waals surface area contributed by atoms with E-state index in [9.17, 15) is 0 Å². The Hall–Kier alpha value is -0.810. The number of ether oxygens (including phenoxy) is 1. The highest BCUT2D eigenvalue weighted by Crippen LogP contribution is 2.18. The van der Waals surface area contributed by atoms with Gasteiger partial charge in [-0.05, 0) is 39.2 Å². The molecule has 2 aliphatic rings. The van der Waals surface area contributed by atoms with Crippen LogP contribution in [0.4, 0.5) is 0 Å². The van der Waals surface area contributed by atoms with Crippen LogP contribution in [0.3, 0.4) is 0 Å². The Morgan fingerprint density at radius 2 is 2.05 bits per heavy atom. The van der Waals surface area contributed by atoms with E-state index in [1.807, 2.05) is 0 Å². The van der Waals surface area contributed by atoms with Crippen molar-refractivity contribution >= 4 is 5.96 Å². The van der Waals surface area contributed by atoms with E-state index >= 15 is 0 Å². The van der Waals surface area contributed by atoms with Crippen LogP contribution in [0.2, 0.25) is 0 Å². The van der Waals surface area contributed by atoms with Crippen LogP contribution < -0.4 is 10.6 Å². The van der Waals surface area contributed by atoms with E-state index in [1.54, 1.807) is 0 Å². The van der Waals surface area contributed by atoms with Crippen LogP contribution >= 0.6 is 0 Å². The molecule has 19 heavy (non-hydrogen) atoms. The lowest BCUT2D eigenvalue weighted by Crippen LogP contribution is -2.38. The molecule has 5 heteroatoms. The summed E-state index contributed by atoms with van der Waals surface area (Å²) in [5.41, 5.74) is 0. The zero-order valence-corrected chi connectivity index (χ0v) is 12.2. The zero-order valence-electron chi connectivity index (χ0n) is 12.2. The van der Waals surface area contributed by atoms with Crippen LogP contribution in [-0.4, -0.2) is 62.8 Å². The van der Waals surface area contributed by atoms with E-state index in [2.05, 4.69) is 27.4 Å². The summed E-state index contributed by atoms with van der Waals surface area (Å²) < 4.78 is 5.35. The van der Waals surface area contributed by atoms with Crippen molar-refractivity contribution in [2.75, 3.05) is 45.9 Å². The molecule has 0 aromatic rings. The van der Waals surface area contributed by atoms with Gasteiger partial charge in [-0.25, -0.2) is 0 Å². The SMILES string of the molecule is CCNC(=NCCCCN1CCOCC1)NC1CC1. The quantitative estimate of drug-likeness (QED) is 0.408. The second-order valence-corrected chi connectivity index (χ2v) is 5.34. The zero-order chi connectivity index (χ0) is 13.3. The normalized spacial score (nSPS) is 21.4. The third-order valence-corrected chi connectivity index (χ3v) is 3.52. The van der Waals surface area contributed by atoms with Gasteiger partial charge in [-0.3, -0.25) is 9.89 Å². The Bertz CT molecular complexity index is 273. The van der Waals surface area contributed by atoms with E-state index in [1.165, 1.54) is 32.2 Å². The number of hydrogen-bond donors (Lipinski definition) is 2. The monoisotopic (exact) mass is 268 g/mol. The van der Waals surface area contributed by atoms with E-state index in [0.29, 0.717) is 6.04 Å². The molecular formula is C14H28N4O. The van der Waals surface area contributed by atoms with Gasteiger partial charge in [0.1, 0.15) is 0 Å². The van der Waals surface area contributed by atoms with Crippen molar-refractivity contribution in [3.05, 3.63) is 0 Å². The molecule has 1 aliphatic carbocycles. The first-order chi connectivity index (χ1) is 9.38. The summed E-state index contributed by atoms with van der Waals surface area (Å²) in [6, 6.07) is 0.672. The van der Waals surface area contributed by atoms with Crippen LogP contribution in [0, 0.1) is 0 Å². The average Bonchev–Trinajstić information content (AvgIpc) is 3.24. The van der Waals surface area contributed by atoms with Crippen molar-refractivity contribution in [3.63, 3.8) is 0 Å². The van der Waals surface area contributed by atoms with Crippen molar-refractivity contribution in [2.45, 2.75) is 38.6 Å². The number of hydrogen-bond acceptors (Lipinski definition) is 3. The van der Waals surface area contributed by atoms with Crippen LogP contribution in [0.5, 0.6) is 0 Å². The van der Waals surface area contributed by atoms with E-state index < -0.39 is 0 Å². The van der Waals surface area contributed by atoms with Gasteiger partial charge < -0.3 is 15.4 Å². The molecule has 0 radical (unpaired) electrons. The first kappa shape index (κ1) is 14.6. The summed E-state index contributed by atoms with van der Waals surface area (Å²) >= 11 is 0. The minimum Gasteiger partial charge on any atom is -0.379 e. The van der Waals surface area contributed by atoms with Gasteiger partial charge in [-0.2, -0.15) is 0 Å². The van der Waals surface area contributed by atoms with Gasteiger partial charge in [-0.15, -0.1) is 0 Å². The Morgan fingerprint density at radius 3 is 2.74 bits per heavy atom. The molecule has 0 atom stereocenters. The fraction of sp³-hybridized carbons (Fsp3) is 0.929. The molecule has 0 bridgehead atoms. The van der Waals surface area contributed by atoms with Crippen LogP contribution in [0.15, 0.2) is 4.99 Å². The second kappa shape index (κ2) is 8.38. The molecule has 1 aliphatic heterocycles. The molecule has 0 aromatic heterocycles. The fourth-order valence-electron chi connectivity index (χ4n) is 2.20. The van der Waals surface area contributed by atoms with Crippen LogP contribution in [0.25, 0.3) is 0 Å². The molecular weight excluding hydrogens is 240 g/mol. The van der Waals surface area contributed by atoms with Gasteiger partial charge in [0.15, 0.2) is 5.96 Å². The van der Waals surface area contributed by atoms with Crippen molar-refractivity contribution in [1.82, 2.24) is 15.5 Å². The molecule has 2 fully saturated rings. The lowest BCUT2D eigenvalue weighted by molar-refractivity contribution is 0.0373. The predicted molar refractivity (Wildman–Crippen MR) is 78.6 cm³/mol. The second-order valence-electron chi connectivity index (χ2n) is 5.34. The molecule has 2 rings (SSSR count). The standard InChI is InChI=1S/C14H28N4O/c1-2-15-14(17-13-5-6-13)16-7-3-4-8-18-9-11-19-12-10-18/h13H,2-12H2,1H3,(H2,15,16,17). The lowest BCUT2D eigenvalue weighted by Gasteiger charge is -2.26. The van der Waals surface area contributed by atoms with Gasteiger partial charge in [0.2, 0.25) is 0 Å². The van der Waals surface area contributed by atoms with Gasteiger partial charge in [0, 0.05) is 32.2 Å². The Morgan fingerprint density at radius 1 is 1.26 bits per heavy atom. The molecule has 110 valence electrons. The topological polar surface area (TPSA) is 48.9 Å². The van der Waals surface area contributed by atoms with Crippen LogP contribution in [0.1, 0.15) is 32.6 Å². The predicted octanol–water partition coefficient (Wildman–Crippen LogP) is 0.816. The molecule has 2 N–H and O–H groups in total. The molecule has 0 unspecified atom stereocenters. The minimum atomic E-state index is 0.672. The van der Waals surface area contributed by atoms with Gasteiger partial charge in [0.05, 0.1) is 13.2 Å². The molecule has 5 nitrogen and oxygen atoms in total. The van der Waals surface area contributed by atoms with Gasteiger partial charge >= 0.3 is 0 Å². The van der Waals surface area contributed by atoms with Crippen molar-refractivity contribution in [1.29, 1.82) is 0 Å². The first-order valence-corrected chi connectivity index (χ1v) is 7.73. The number of guanidine groups is 1. The van der Waals surface area contributed by atoms with Crippen molar-refractivity contribution < 1.29 is 4.74 Å². The lowest BCUT2D eigenvalue weighted by atomic mass is 10.3. The fourth-order valence-corrected chi connectivity index (χ4v) is 2.20. The molecule has 1 saturated carbocycles. The van der Waals surface area contributed by atoms with Crippen molar-refractivity contribution in [3.8, 4) is 0 Å². The largest absolute Gasteiger partial charge is 0.379 e. The summed E-state index contributed by atoms with van der Waals surface area (Å²) in [6.07, 6.45) is 4.98. The Balaban J connectivity index is 1.54.